The zero-order valence-electron chi connectivity index (χ0n) is 16.2. The minimum Gasteiger partial charge on any atom is -0.393 e. The van der Waals surface area contributed by atoms with Gasteiger partial charge in [0.15, 0.2) is 5.69 Å². The second-order valence-electron chi connectivity index (χ2n) is 7.83. The van der Waals surface area contributed by atoms with Gasteiger partial charge in [0.05, 0.1) is 18.8 Å². The van der Waals surface area contributed by atoms with E-state index in [1.54, 1.807) is 4.90 Å². The highest BCUT2D eigenvalue weighted by atomic mass is 19.1. The lowest BCUT2D eigenvalue weighted by atomic mass is 9.87. The molecule has 0 radical (unpaired) electrons. The minimum absolute atomic E-state index is 0.119. The maximum atomic E-state index is 13.8. The molecule has 2 aromatic rings. The number of rotatable bonds is 6. The number of carbonyl (C=O) groups is 1. The van der Waals surface area contributed by atoms with E-state index in [4.69, 9.17) is 0 Å². The number of likely N-dealkylation sites (tertiary alicyclic amines) is 1. The molecule has 1 amide bonds. The normalized spacial score (nSPS) is 16.6. The standard InChI is InChI=1S/C20H26F2N4O2/c1-13(2)10-19(27)14-6-8-25(9-7-14)20(28)18-12-26(24-23-18)11-15-16(21)4-3-5-17(15)22/h3-5,12-14,19,27H,6-11H2,1-2H3/t19-/m1/s1. The van der Waals surface area contributed by atoms with E-state index >= 15 is 0 Å². The number of nitrogens with zero attached hydrogens (tertiary/aromatic N) is 4. The summed E-state index contributed by atoms with van der Waals surface area (Å²) in [6.45, 7) is 5.12. The van der Waals surface area contributed by atoms with Gasteiger partial charge in [-0.2, -0.15) is 0 Å². The Bertz CT molecular complexity index is 796. The van der Waals surface area contributed by atoms with Crippen LogP contribution in [0.25, 0.3) is 0 Å². The Morgan fingerprint density at radius 1 is 1.25 bits per heavy atom. The maximum absolute atomic E-state index is 13.8. The molecule has 0 spiro atoms. The molecule has 28 heavy (non-hydrogen) atoms. The molecule has 0 unspecified atom stereocenters. The number of benzene rings is 1. The van der Waals surface area contributed by atoms with Crippen molar-refractivity contribution in [2.45, 2.75) is 45.8 Å². The Morgan fingerprint density at radius 2 is 1.89 bits per heavy atom. The molecule has 1 aliphatic heterocycles. The average molecular weight is 392 g/mol. The zero-order chi connectivity index (χ0) is 20.3. The summed E-state index contributed by atoms with van der Waals surface area (Å²) in [5.74, 6) is -0.942. The summed E-state index contributed by atoms with van der Waals surface area (Å²) in [5.41, 5.74) is 0.0317. The van der Waals surface area contributed by atoms with Crippen molar-refractivity contribution in [2.75, 3.05) is 13.1 Å². The summed E-state index contributed by atoms with van der Waals surface area (Å²) in [7, 11) is 0. The first kappa shape index (κ1) is 20.4. The summed E-state index contributed by atoms with van der Waals surface area (Å²) >= 11 is 0. The first-order valence-electron chi connectivity index (χ1n) is 9.65. The first-order chi connectivity index (χ1) is 13.3. The highest BCUT2D eigenvalue weighted by molar-refractivity contribution is 5.92. The van der Waals surface area contributed by atoms with Crippen LogP contribution < -0.4 is 0 Å². The van der Waals surface area contributed by atoms with Crippen molar-refractivity contribution >= 4 is 5.91 Å². The molecule has 1 fully saturated rings. The molecule has 1 saturated heterocycles. The van der Waals surface area contributed by atoms with Gasteiger partial charge in [0.2, 0.25) is 0 Å². The number of aromatic nitrogens is 3. The topological polar surface area (TPSA) is 71.2 Å². The number of aliphatic hydroxyl groups is 1. The quantitative estimate of drug-likeness (QED) is 0.821. The van der Waals surface area contributed by atoms with Crippen molar-refractivity contribution in [3.63, 3.8) is 0 Å². The van der Waals surface area contributed by atoms with Crippen LogP contribution in [-0.4, -0.2) is 50.1 Å². The smallest absolute Gasteiger partial charge is 0.276 e. The Morgan fingerprint density at radius 3 is 2.50 bits per heavy atom. The van der Waals surface area contributed by atoms with E-state index in [2.05, 4.69) is 24.2 Å². The van der Waals surface area contributed by atoms with Gasteiger partial charge in [-0.1, -0.05) is 25.1 Å². The number of hydrogen-bond donors (Lipinski definition) is 1. The van der Waals surface area contributed by atoms with Crippen molar-refractivity contribution in [1.29, 1.82) is 0 Å². The van der Waals surface area contributed by atoms with E-state index in [-0.39, 0.29) is 35.7 Å². The largest absolute Gasteiger partial charge is 0.393 e. The second-order valence-corrected chi connectivity index (χ2v) is 7.83. The molecule has 6 nitrogen and oxygen atoms in total. The predicted molar refractivity (Wildman–Crippen MR) is 99.6 cm³/mol. The summed E-state index contributed by atoms with van der Waals surface area (Å²) in [6, 6.07) is 3.66. The molecule has 2 heterocycles. The van der Waals surface area contributed by atoms with Crippen molar-refractivity contribution in [3.8, 4) is 0 Å². The zero-order valence-corrected chi connectivity index (χ0v) is 16.2. The van der Waals surface area contributed by atoms with Gasteiger partial charge in [-0.3, -0.25) is 4.79 Å². The molecule has 8 heteroatoms. The van der Waals surface area contributed by atoms with E-state index in [1.807, 2.05) is 0 Å². The van der Waals surface area contributed by atoms with Crippen LogP contribution in [0.15, 0.2) is 24.4 Å². The molecule has 1 aliphatic rings. The van der Waals surface area contributed by atoms with Gasteiger partial charge in [0.1, 0.15) is 11.6 Å². The third-order valence-corrected chi connectivity index (χ3v) is 5.22. The van der Waals surface area contributed by atoms with Gasteiger partial charge in [-0.25, -0.2) is 13.5 Å². The van der Waals surface area contributed by atoms with E-state index < -0.39 is 11.6 Å². The fraction of sp³-hybridized carbons (Fsp3) is 0.550. The van der Waals surface area contributed by atoms with Crippen LogP contribution in [0.3, 0.4) is 0 Å². The van der Waals surface area contributed by atoms with Gasteiger partial charge in [-0.05, 0) is 43.2 Å². The third-order valence-electron chi connectivity index (χ3n) is 5.22. The molecular weight excluding hydrogens is 366 g/mol. The van der Waals surface area contributed by atoms with Gasteiger partial charge in [0.25, 0.3) is 5.91 Å². The highest BCUT2D eigenvalue weighted by Crippen LogP contribution is 2.25. The number of piperidine rings is 1. The van der Waals surface area contributed by atoms with Gasteiger partial charge < -0.3 is 10.0 Å². The Balaban J connectivity index is 1.59. The SMILES string of the molecule is CC(C)C[C@@H](O)C1CCN(C(=O)c2cn(Cc3c(F)cccc3F)nn2)CC1. The van der Waals surface area contributed by atoms with Crippen molar-refractivity contribution in [2.24, 2.45) is 11.8 Å². The van der Waals surface area contributed by atoms with Crippen LogP contribution in [0.2, 0.25) is 0 Å². The lowest BCUT2D eigenvalue weighted by molar-refractivity contribution is 0.0382. The third kappa shape index (κ3) is 4.73. The van der Waals surface area contributed by atoms with Crippen LogP contribution in [-0.2, 0) is 6.54 Å². The summed E-state index contributed by atoms with van der Waals surface area (Å²) in [6.07, 6.45) is 3.32. The molecule has 152 valence electrons. The first-order valence-corrected chi connectivity index (χ1v) is 9.65. The fourth-order valence-corrected chi connectivity index (χ4v) is 3.64. The van der Waals surface area contributed by atoms with E-state index in [9.17, 15) is 18.7 Å². The number of carbonyl (C=O) groups excluding carboxylic acids is 1. The Hall–Kier alpha value is -2.35. The van der Waals surface area contributed by atoms with Gasteiger partial charge in [-0.15, -0.1) is 5.10 Å². The van der Waals surface area contributed by atoms with Crippen LogP contribution in [0.1, 0.15) is 49.2 Å². The number of halogens is 2. The molecule has 3 rings (SSSR count). The molecule has 1 atom stereocenters. The van der Waals surface area contributed by atoms with E-state index in [0.717, 1.165) is 19.3 Å². The highest BCUT2D eigenvalue weighted by Gasteiger charge is 2.29. The predicted octanol–water partition coefficient (Wildman–Crippen LogP) is 2.86. The van der Waals surface area contributed by atoms with E-state index in [1.165, 1.54) is 29.1 Å². The minimum atomic E-state index is -0.662. The summed E-state index contributed by atoms with van der Waals surface area (Å²) < 4.78 is 28.8. The van der Waals surface area contributed by atoms with Crippen molar-refractivity contribution in [3.05, 3.63) is 47.3 Å². The molecule has 0 saturated carbocycles. The van der Waals surface area contributed by atoms with Crippen LogP contribution in [0.4, 0.5) is 8.78 Å². The van der Waals surface area contributed by atoms with Crippen LogP contribution in [0.5, 0.6) is 0 Å². The molecule has 0 bridgehead atoms. The monoisotopic (exact) mass is 392 g/mol. The molecular formula is C20H26F2N4O2. The molecule has 0 aliphatic carbocycles. The van der Waals surface area contributed by atoms with E-state index in [0.29, 0.717) is 19.0 Å². The van der Waals surface area contributed by atoms with Gasteiger partial charge in [0, 0.05) is 18.7 Å². The Kier molecular flexibility index (Phi) is 6.39. The molecule has 1 aromatic carbocycles. The number of hydrogen-bond acceptors (Lipinski definition) is 4. The maximum Gasteiger partial charge on any atom is 0.276 e. The van der Waals surface area contributed by atoms with Gasteiger partial charge >= 0.3 is 0 Å². The number of aliphatic hydroxyl groups excluding tert-OH is 1. The average Bonchev–Trinajstić information content (AvgIpc) is 3.12. The molecule has 1 aromatic heterocycles. The Labute approximate surface area is 163 Å². The summed E-state index contributed by atoms with van der Waals surface area (Å²) in [5, 5.41) is 18.0. The van der Waals surface area contributed by atoms with Crippen molar-refractivity contribution < 1.29 is 18.7 Å². The lowest BCUT2D eigenvalue weighted by Gasteiger charge is -2.34. The fourth-order valence-electron chi connectivity index (χ4n) is 3.64. The van der Waals surface area contributed by atoms with Crippen molar-refractivity contribution in [1.82, 2.24) is 19.9 Å². The van der Waals surface area contributed by atoms with Crippen LogP contribution in [0, 0.1) is 23.5 Å². The second kappa shape index (κ2) is 8.77. The number of amides is 1. The molecule has 1 N–H and O–H groups in total. The summed E-state index contributed by atoms with van der Waals surface area (Å²) in [4.78, 5) is 14.3. The lowest BCUT2D eigenvalue weighted by Crippen LogP contribution is -2.41. The van der Waals surface area contributed by atoms with Crippen LogP contribution >= 0.6 is 0 Å².